The first-order valence-corrected chi connectivity index (χ1v) is 7.73. The van der Waals surface area contributed by atoms with E-state index in [2.05, 4.69) is 10.2 Å². The van der Waals surface area contributed by atoms with Crippen LogP contribution in [0.2, 0.25) is 5.02 Å². The summed E-state index contributed by atoms with van der Waals surface area (Å²) in [6.45, 7) is 1.76. The van der Waals surface area contributed by atoms with Gasteiger partial charge in [0.1, 0.15) is 5.69 Å². The number of hydrogen-bond acceptors (Lipinski definition) is 4. The number of likely N-dealkylation sites (tertiary alicyclic amines) is 1. The molecule has 1 fully saturated rings. The summed E-state index contributed by atoms with van der Waals surface area (Å²) in [4.78, 5) is 14.2. The van der Waals surface area contributed by atoms with Crippen molar-refractivity contribution in [3.8, 4) is 11.3 Å². The first kappa shape index (κ1) is 16.0. The van der Waals surface area contributed by atoms with Crippen LogP contribution in [-0.4, -0.2) is 56.0 Å². The summed E-state index contributed by atoms with van der Waals surface area (Å²) in [5.74, 6) is -0.286. The van der Waals surface area contributed by atoms with E-state index in [9.17, 15) is 15.0 Å². The number of carbonyl (C=O) groups excluding carboxylic acids is 1. The third-order valence-corrected chi connectivity index (χ3v) is 4.51. The van der Waals surface area contributed by atoms with Crippen LogP contribution in [0.5, 0.6) is 0 Å². The van der Waals surface area contributed by atoms with Gasteiger partial charge in [0.25, 0.3) is 5.91 Å². The fraction of sp³-hybridized carbons (Fsp3) is 0.375. The summed E-state index contributed by atoms with van der Waals surface area (Å²) in [6, 6.07) is 8.82. The first-order valence-electron chi connectivity index (χ1n) is 7.35. The van der Waals surface area contributed by atoms with Gasteiger partial charge in [-0.15, -0.1) is 0 Å². The molecule has 2 atom stereocenters. The second-order valence-electron chi connectivity index (χ2n) is 6.10. The molecule has 1 saturated heterocycles. The minimum atomic E-state index is -0.762. The second-order valence-corrected chi connectivity index (χ2v) is 6.54. The Morgan fingerprint density at radius 3 is 2.83 bits per heavy atom. The van der Waals surface area contributed by atoms with Crippen molar-refractivity contribution in [2.24, 2.45) is 0 Å². The summed E-state index contributed by atoms with van der Waals surface area (Å²) >= 11 is 5.87. The summed E-state index contributed by atoms with van der Waals surface area (Å²) in [6.07, 6.45) is -0.275. The molecule has 0 spiro atoms. The van der Waals surface area contributed by atoms with Crippen LogP contribution >= 0.6 is 11.6 Å². The highest BCUT2D eigenvalue weighted by molar-refractivity contribution is 6.30. The molecular formula is C16H18ClN3O3. The standard InChI is InChI=1S/C16H18ClN3O3/c1-16(9-21)7-12(22)8-20(16)15(23)14-6-13(18-19-14)10-2-4-11(17)5-3-10/h2-6,12,21-22H,7-9H2,1H3,(H,18,19). The van der Waals surface area contributed by atoms with Gasteiger partial charge >= 0.3 is 0 Å². The van der Waals surface area contributed by atoms with Crippen molar-refractivity contribution in [3.05, 3.63) is 41.0 Å². The first-order chi connectivity index (χ1) is 10.9. The van der Waals surface area contributed by atoms with Crippen LogP contribution in [0.25, 0.3) is 11.3 Å². The molecule has 2 unspecified atom stereocenters. The van der Waals surface area contributed by atoms with Crippen LogP contribution in [0.4, 0.5) is 0 Å². The molecule has 1 amide bonds. The number of benzene rings is 1. The van der Waals surface area contributed by atoms with Crippen LogP contribution in [0.1, 0.15) is 23.8 Å². The number of nitrogens with one attached hydrogen (secondary N) is 1. The maximum Gasteiger partial charge on any atom is 0.272 e. The van der Waals surface area contributed by atoms with Crippen molar-refractivity contribution in [1.82, 2.24) is 15.1 Å². The lowest BCUT2D eigenvalue weighted by Crippen LogP contribution is -2.47. The zero-order valence-electron chi connectivity index (χ0n) is 12.7. The van der Waals surface area contributed by atoms with Gasteiger partial charge in [0.15, 0.2) is 0 Å². The van der Waals surface area contributed by atoms with Crippen LogP contribution in [-0.2, 0) is 0 Å². The number of amides is 1. The highest BCUT2D eigenvalue weighted by Gasteiger charge is 2.44. The molecule has 2 aromatic rings. The number of halogens is 1. The predicted molar refractivity (Wildman–Crippen MR) is 86.2 cm³/mol. The Morgan fingerprint density at radius 1 is 1.48 bits per heavy atom. The maximum absolute atomic E-state index is 12.7. The monoisotopic (exact) mass is 335 g/mol. The summed E-state index contributed by atoms with van der Waals surface area (Å²) < 4.78 is 0. The van der Waals surface area contributed by atoms with Gasteiger partial charge in [0.05, 0.1) is 23.9 Å². The Morgan fingerprint density at radius 2 is 2.17 bits per heavy atom. The van der Waals surface area contributed by atoms with Gasteiger partial charge in [-0.1, -0.05) is 23.7 Å². The Labute approximate surface area is 138 Å². The minimum absolute atomic E-state index is 0.200. The van der Waals surface area contributed by atoms with Crippen molar-refractivity contribution in [1.29, 1.82) is 0 Å². The topological polar surface area (TPSA) is 89.4 Å². The number of aliphatic hydroxyl groups is 2. The molecule has 0 aliphatic carbocycles. The molecule has 0 radical (unpaired) electrons. The van der Waals surface area contributed by atoms with Crippen molar-refractivity contribution in [2.45, 2.75) is 25.0 Å². The molecule has 3 N–H and O–H groups in total. The number of β-amino-alcohol motifs (C(OH)–C–C–N with tert-alkyl or cyclic N) is 1. The van der Waals surface area contributed by atoms with Gasteiger partial charge in [0, 0.05) is 23.6 Å². The number of hydrogen-bond donors (Lipinski definition) is 3. The Balaban J connectivity index is 1.85. The second kappa shape index (κ2) is 5.96. The Bertz CT molecular complexity index is 716. The quantitative estimate of drug-likeness (QED) is 0.796. The number of nitrogens with zero attached hydrogens (tertiary/aromatic N) is 2. The van der Waals surface area contributed by atoms with E-state index in [1.807, 2.05) is 12.1 Å². The minimum Gasteiger partial charge on any atom is -0.394 e. The molecule has 23 heavy (non-hydrogen) atoms. The number of rotatable bonds is 3. The zero-order valence-corrected chi connectivity index (χ0v) is 13.4. The van der Waals surface area contributed by atoms with Gasteiger partial charge in [-0.25, -0.2) is 0 Å². The Kier molecular flexibility index (Phi) is 4.14. The lowest BCUT2D eigenvalue weighted by molar-refractivity contribution is 0.0466. The molecule has 0 bridgehead atoms. The van der Waals surface area contributed by atoms with E-state index in [4.69, 9.17) is 11.6 Å². The van der Waals surface area contributed by atoms with Crippen molar-refractivity contribution < 1.29 is 15.0 Å². The van der Waals surface area contributed by atoms with E-state index in [0.29, 0.717) is 22.8 Å². The van der Waals surface area contributed by atoms with Crippen LogP contribution in [0, 0.1) is 0 Å². The zero-order chi connectivity index (χ0) is 16.6. The molecule has 122 valence electrons. The van der Waals surface area contributed by atoms with Gasteiger partial charge in [-0.05, 0) is 25.1 Å². The number of aromatic amines is 1. The molecular weight excluding hydrogens is 318 g/mol. The molecule has 1 aliphatic heterocycles. The molecule has 1 aromatic heterocycles. The molecule has 7 heteroatoms. The van der Waals surface area contributed by atoms with Crippen LogP contribution in [0.3, 0.4) is 0 Å². The van der Waals surface area contributed by atoms with E-state index in [-0.39, 0.29) is 19.1 Å². The molecule has 6 nitrogen and oxygen atoms in total. The molecule has 2 heterocycles. The smallest absolute Gasteiger partial charge is 0.272 e. The normalized spacial score (nSPS) is 24.2. The Hall–Kier alpha value is -1.89. The molecule has 1 aromatic carbocycles. The van der Waals surface area contributed by atoms with Crippen molar-refractivity contribution >= 4 is 17.5 Å². The summed E-state index contributed by atoms with van der Waals surface area (Å²) in [5, 5.41) is 26.9. The van der Waals surface area contributed by atoms with E-state index in [1.54, 1.807) is 25.1 Å². The van der Waals surface area contributed by atoms with Crippen molar-refractivity contribution in [2.75, 3.05) is 13.2 Å². The highest BCUT2D eigenvalue weighted by Crippen LogP contribution is 2.30. The number of H-pyrrole nitrogens is 1. The van der Waals surface area contributed by atoms with Crippen LogP contribution in [0.15, 0.2) is 30.3 Å². The molecule has 0 saturated carbocycles. The lowest BCUT2D eigenvalue weighted by atomic mass is 9.99. The van der Waals surface area contributed by atoms with E-state index < -0.39 is 11.6 Å². The van der Waals surface area contributed by atoms with Gasteiger partial charge in [-0.3, -0.25) is 9.89 Å². The maximum atomic E-state index is 12.7. The van der Waals surface area contributed by atoms with E-state index >= 15 is 0 Å². The van der Waals surface area contributed by atoms with Gasteiger partial charge in [-0.2, -0.15) is 5.10 Å². The van der Waals surface area contributed by atoms with E-state index in [0.717, 1.165) is 5.56 Å². The fourth-order valence-electron chi connectivity index (χ4n) is 2.94. The van der Waals surface area contributed by atoms with Crippen LogP contribution < -0.4 is 0 Å². The number of carbonyl (C=O) groups is 1. The van der Waals surface area contributed by atoms with E-state index in [1.165, 1.54) is 4.90 Å². The van der Waals surface area contributed by atoms with Gasteiger partial charge in [0.2, 0.25) is 0 Å². The fourth-order valence-corrected chi connectivity index (χ4v) is 3.06. The average Bonchev–Trinajstić information content (AvgIpc) is 3.13. The summed E-state index contributed by atoms with van der Waals surface area (Å²) in [7, 11) is 0. The van der Waals surface area contributed by atoms with Gasteiger partial charge < -0.3 is 15.1 Å². The number of aromatic nitrogens is 2. The third-order valence-electron chi connectivity index (χ3n) is 4.25. The molecule has 1 aliphatic rings. The van der Waals surface area contributed by atoms with Crippen molar-refractivity contribution in [3.63, 3.8) is 0 Å². The summed E-state index contributed by atoms with van der Waals surface area (Å²) in [5.41, 5.74) is 1.04. The average molecular weight is 336 g/mol. The molecule has 3 rings (SSSR count). The number of aliphatic hydroxyl groups excluding tert-OH is 2. The largest absolute Gasteiger partial charge is 0.394 e. The lowest BCUT2D eigenvalue weighted by Gasteiger charge is -2.32. The predicted octanol–water partition coefficient (Wildman–Crippen LogP) is 1.69. The highest BCUT2D eigenvalue weighted by atomic mass is 35.5. The third kappa shape index (κ3) is 2.97. The SMILES string of the molecule is CC1(CO)CC(O)CN1C(=O)c1cc(-c2ccc(Cl)cc2)n[nH]1.